The van der Waals surface area contributed by atoms with Crippen LogP contribution in [-0.2, 0) is 4.74 Å². The average Bonchev–Trinajstić information content (AvgIpc) is 3.12. The van der Waals surface area contributed by atoms with E-state index in [-0.39, 0.29) is 6.10 Å². The summed E-state index contributed by atoms with van der Waals surface area (Å²) in [4.78, 5) is 9.18. The first-order chi connectivity index (χ1) is 11.6. The van der Waals surface area contributed by atoms with Crippen LogP contribution in [-0.4, -0.2) is 39.6 Å². The zero-order valence-corrected chi connectivity index (χ0v) is 14.5. The van der Waals surface area contributed by atoms with E-state index in [1.807, 2.05) is 50.2 Å². The van der Waals surface area contributed by atoms with Gasteiger partial charge in [0, 0.05) is 11.1 Å². The quantitative estimate of drug-likeness (QED) is 0.520. The summed E-state index contributed by atoms with van der Waals surface area (Å²) in [5.74, 6) is 1.69. The molecule has 0 spiro atoms. The van der Waals surface area contributed by atoms with Crippen LogP contribution in [0.25, 0.3) is 22.5 Å². The van der Waals surface area contributed by atoms with Crippen molar-refractivity contribution in [2.45, 2.75) is 31.1 Å². The summed E-state index contributed by atoms with van der Waals surface area (Å²) in [6, 6.07) is 11.5. The number of para-hydroxylation sites is 1. The van der Waals surface area contributed by atoms with Gasteiger partial charge in [-0.15, -0.1) is 11.8 Å². The highest BCUT2D eigenvalue weighted by Gasteiger charge is 2.13. The standard InChI is InChI=1S/C18H20N2O3S/c1-12(2)23-10-13(21)11-24-18-14-6-3-4-7-15(14)19-17(20-18)16-8-5-9-22-16/h3-9,12-13,21H,10-11H2,1-2H3. The molecular formula is C18H20N2O3S. The fourth-order valence-electron chi connectivity index (χ4n) is 2.20. The number of rotatable bonds is 7. The van der Waals surface area contributed by atoms with Crippen LogP contribution in [0, 0.1) is 0 Å². The lowest BCUT2D eigenvalue weighted by Gasteiger charge is -2.13. The van der Waals surface area contributed by atoms with E-state index >= 15 is 0 Å². The number of nitrogens with zero attached hydrogens (tertiary/aromatic N) is 2. The number of aliphatic hydroxyl groups is 1. The predicted octanol–water partition coefficient (Wildman–Crippen LogP) is 3.77. The number of hydrogen-bond acceptors (Lipinski definition) is 6. The van der Waals surface area contributed by atoms with Crippen LogP contribution in [0.2, 0.25) is 0 Å². The molecule has 1 N–H and O–H groups in total. The molecule has 3 aromatic rings. The first kappa shape index (κ1) is 17.0. The Bertz CT molecular complexity index is 790. The van der Waals surface area contributed by atoms with Gasteiger partial charge in [0.05, 0.1) is 30.6 Å². The van der Waals surface area contributed by atoms with Gasteiger partial charge in [-0.25, -0.2) is 9.97 Å². The van der Waals surface area contributed by atoms with Crippen molar-refractivity contribution in [3.8, 4) is 11.6 Å². The minimum atomic E-state index is -0.543. The molecule has 0 aliphatic heterocycles. The number of benzene rings is 1. The lowest BCUT2D eigenvalue weighted by Crippen LogP contribution is -2.20. The summed E-state index contributed by atoms with van der Waals surface area (Å²) in [5, 5.41) is 11.9. The van der Waals surface area contributed by atoms with Gasteiger partial charge in [0.1, 0.15) is 5.03 Å². The van der Waals surface area contributed by atoms with Gasteiger partial charge >= 0.3 is 0 Å². The fourth-order valence-corrected chi connectivity index (χ4v) is 3.13. The van der Waals surface area contributed by atoms with Crippen LogP contribution >= 0.6 is 11.8 Å². The molecule has 0 radical (unpaired) electrons. The van der Waals surface area contributed by atoms with Gasteiger partial charge in [-0.3, -0.25) is 0 Å². The average molecular weight is 344 g/mol. The molecule has 0 amide bonds. The topological polar surface area (TPSA) is 68.4 Å². The number of hydrogen-bond donors (Lipinski definition) is 1. The smallest absolute Gasteiger partial charge is 0.197 e. The van der Waals surface area contributed by atoms with E-state index < -0.39 is 6.10 Å². The first-order valence-electron chi connectivity index (χ1n) is 7.86. The van der Waals surface area contributed by atoms with E-state index in [0.29, 0.717) is 23.9 Å². The summed E-state index contributed by atoms with van der Waals surface area (Å²) in [7, 11) is 0. The Labute approximate surface area is 145 Å². The molecule has 5 nitrogen and oxygen atoms in total. The minimum absolute atomic E-state index is 0.107. The molecule has 2 aromatic heterocycles. The molecule has 24 heavy (non-hydrogen) atoms. The van der Waals surface area contributed by atoms with Crippen LogP contribution < -0.4 is 0 Å². The Morgan fingerprint density at radius 3 is 2.75 bits per heavy atom. The van der Waals surface area contributed by atoms with Gasteiger partial charge in [-0.05, 0) is 32.0 Å². The first-order valence-corrected chi connectivity index (χ1v) is 8.85. The molecule has 1 unspecified atom stereocenters. The Balaban J connectivity index is 1.83. The van der Waals surface area contributed by atoms with Gasteiger partial charge in [-0.2, -0.15) is 0 Å². The summed E-state index contributed by atoms with van der Waals surface area (Å²) in [6.45, 7) is 4.22. The van der Waals surface area contributed by atoms with E-state index in [2.05, 4.69) is 9.97 Å². The number of ether oxygens (including phenoxy) is 1. The molecule has 1 aromatic carbocycles. The maximum absolute atomic E-state index is 10.1. The molecule has 6 heteroatoms. The molecule has 0 saturated heterocycles. The zero-order chi connectivity index (χ0) is 16.9. The van der Waals surface area contributed by atoms with Crippen molar-refractivity contribution in [3.05, 3.63) is 42.7 Å². The highest BCUT2D eigenvalue weighted by molar-refractivity contribution is 7.99. The van der Waals surface area contributed by atoms with Crippen molar-refractivity contribution >= 4 is 22.7 Å². The molecule has 1 atom stereocenters. The van der Waals surface area contributed by atoms with Gasteiger partial charge in [0.15, 0.2) is 11.6 Å². The van der Waals surface area contributed by atoms with E-state index in [0.717, 1.165) is 15.9 Å². The van der Waals surface area contributed by atoms with Gasteiger partial charge in [0.25, 0.3) is 0 Å². The molecule has 0 fully saturated rings. The van der Waals surface area contributed by atoms with Crippen LogP contribution in [0.3, 0.4) is 0 Å². The number of aliphatic hydroxyl groups excluding tert-OH is 1. The lowest BCUT2D eigenvalue weighted by atomic mass is 10.2. The molecule has 0 aliphatic rings. The van der Waals surface area contributed by atoms with E-state index in [1.54, 1.807) is 6.26 Å². The van der Waals surface area contributed by atoms with Crippen LogP contribution in [0.15, 0.2) is 52.1 Å². The Morgan fingerprint density at radius 2 is 2.00 bits per heavy atom. The summed E-state index contributed by atoms with van der Waals surface area (Å²) >= 11 is 1.50. The van der Waals surface area contributed by atoms with Crippen molar-refractivity contribution in [2.75, 3.05) is 12.4 Å². The van der Waals surface area contributed by atoms with Crippen molar-refractivity contribution in [1.29, 1.82) is 0 Å². The molecule has 126 valence electrons. The Hall–Kier alpha value is -1.89. The third-order valence-electron chi connectivity index (χ3n) is 3.34. The third kappa shape index (κ3) is 4.14. The van der Waals surface area contributed by atoms with Gasteiger partial charge < -0.3 is 14.3 Å². The zero-order valence-electron chi connectivity index (χ0n) is 13.7. The maximum Gasteiger partial charge on any atom is 0.197 e. The van der Waals surface area contributed by atoms with Crippen LogP contribution in [0.1, 0.15) is 13.8 Å². The molecular weight excluding hydrogens is 324 g/mol. The van der Waals surface area contributed by atoms with Crippen LogP contribution in [0.4, 0.5) is 0 Å². The highest BCUT2D eigenvalue weighted by Crippen LogP contribution is 2.28. The number of thioether (sulfide) groups is 1. The largest absolute Gasteiger partial charge is 0.461 e. The predicted molar refractivity (Wildman–Crippen MR) is 95.1 cm³/mol. The third-order valence-corrected chi connectivity index (χ3v) is 4.48. The van der Waals surface area contributed by atoms with E-state index in [4.69, 9.17) is 9.15 Å². The number of fused-ring (bicyclic) bond motifs is 1. The number of furan rings is 1. The maximum atomic E-state index is 10.1. The van der Waals surface area contributed by atoms with E-state index in [1.165, 1.54) is 11.8 Å². The second-order valence-corrected chi connectivity index (χ2v) is 6.70. The van der Waals surface area contributed by atoms with Crippen molar-refractivity contribution < 1.29 is 14.3 Å². The normalized spacial score (nSPS) is 12.8. The molecule has 0 aliphatic carbocycles. The summed E-state index contributed by atoms with van der Waals surface area (Å²) in [5.41, 5.74) is 0.856. The Kier molecular flexibility index (Phi) is 5.50. The van der Waals surface area contributed by atoms with Gasteiger partial charge in [-0.1, -0.05) is 18.2 Å². The highest BCUT2D eigenvalue weighted by atomic mass is 32.2. The number of aromatic nitrogens is 2. The molecule has 0 saturated carbocycles. The fraction of sp³-hybridized carbons (Fsp3) is 0.333. The van der Waals surface area contributed by atoms with Crippen molar-refractivity contribution in [3.63, 3.8) is 0 Å². The van der Waals surface area contributed by atoms with Crippen molar-refractivity contribution in [2.24, 2.45) is 0 Å². The van der Waals surface area contributed by atoms with Crippen molar-refractivity contribution in [1.82, 2.24) is 9.97 Å². The summed E-state index contributed by atoms with van der Waals surface area (Å²) < 4.78 is 10.9. The summed E-state index contributed by atoms with van der Waals surface area (Å²) in [6.07, 6.45) is 1.17. The SMILES string of the molecule is CC(C)OCC(O)CSc1nc(-c2ccco2)nc2ccccc12. The van der Waals surface area contributed by atoms with Crippen LogP contribution in [0.5, 0.6) is 0 Å². The Morgan fingerprint density at radius 1 is 1.17 bits per heavy atom. The minimum Gasteiger partial charge on any atom is -0.461 e. The second-order valence-electron chi connectivity index (χ2n) is 5.69. The lowest BCUT2D eigenvalue weighted by molar-refractivity contribution is 0.0152. The van der Waals surface area contributed by atoms with E-state index in [9.17, 15) is 5.11 Å². The molecule has 0 bridgehead atoms. The molecule has 2 heterocycles. The van der Waals surface area contributed by atoms with Gasteiger partial charge in [0.2, 0.25) is 0 Å². The monoisotopic (exact) mass is 344 g/mol. The second kappa shape index (κ2) is 7.79. The molecule has 3 rings (SSSR count).